The molecule has 0 aliphatic carbocycles. The van der Waals surface area contributed by atoms with Crippen LogP contribution in [0.1, 0.15) is 59.4 Å². The van der Waals surface area contributed by atoms with Gasteiger partial charge in [0.15, 0.2) is 11.6 Å². The number of rotatable bonds is 16. The first kappa shape index (κ1) is 35.3. The van der Waals surface area contributed by atoms with Crippen LogP contribution in [0.5, 0.6) is 0 Å². The van der Waals surface area contributed by atoms with Gasteiger partial charge in [-0.05, 0) is 38.2 Å². The van der Waals surface area contributed by atoms with Crippen molar-refractivity contribution in [3.05, 3.63) is 35.9 Å². The average molecular weight is 548 g/mol. The molecule has 0 spiro atoms. The number of carboxylic acids is 1. The Morgan fingerprint density at radius 3 is 1.90 bits per heavy atom. The average Bonchev–Trinajstić information content (AvgIpc) is 2.84. The molecule has 2 atom stereocenters. The van der Waals surface area contributed by atoms with Gasteiger partial charge in [0.2, 0.25) is 11.8 Å². The van der Waals surface area contributed by atoms with Crippen molar-refractivity contribution in [2.45, 2.75) is 66.3 Å². The topological polar surface area (TPSA) is 190 Å². The molecule has 1 aromatic carbocycles. The van der Waals surface area contributed by atoms with E-state index in [1.54, 1.807) is 0 Å². The van der Waals surface area contributed by atoms with Gasteiger partial charge >= 0.3 is 0 Å². The molecule has 0 aliphatic heterocycles. The fraction of sp³-hybridized carbons (Fsp3) is 0.536. The summed E-state index contributed by atoms with van der Waals surface area (Å²) in [6.45, 7) is 6.81. The van der Waals surface area contributed by atoms with Gasteiger partial charge in [-0.25, -0.2) is 0 Å². The maximum Gasteiger partial charge on any atom is 0.300 e. The molecule has 1 rings (SSSR count). The van der Waals surface area contributed by atoms with Gasteiger partial charge in [-0.15, -0.1) is 0 Å². The third-order valence-corrected chi connectivity index (χ3v) is 5.63. The van der Waals surface area contributed by atoms with Gasteiger partial charge < -0.3 is 21.5 Å². The Morgan fingerprint density at radius 2 is 1.44 bits per heavy atom. The van der Waals surface area contributed by atoms with E-state index in [1.807, 2.05) is 44.2 Å². The SMILES string of the molecule is CC(=O)C(CC(=O)CNC(=O)C(CC(=O)C(CC(C)C)NC(=O)CN)Cc1ccccc1)C(C)=O.CC(=O)O. The number of nitrogens with one attached hydrogen (secondary N) is 2. The maximum absolute atomic E-state index is 13.1. The number of hydrogen-bond acceptors (Lipinski definition) is 8. The summed E-state index contributed by atoms with van der Waals surface area (Å²) >= 11 is 0. The van der Waals surface area contributed by atoms with Crippen molar-refractivity contribution >= 4 is 40.9 Å². The number of carbonyl (C=O) groups is 7. The molecule has 1 aromatic rings. The number of nitrogens with two attached hydrogens (primary N) is 1. The molecule has 11 heteroatoms. The first-order chi connectivity index (χ1) is 18.2. The van der Waals surface area contributed by atoms with Crippen molar-refractivity contribution in [1.29, 1.82) is 0 Å². The molecule has 0 radical (unpaired) electrons. The van der Waals surface area contributed by atoms with Crippen LogP contribution < -0.4 is 16.4 Å². The van der Waals surface area contributed by atoms with Crippen LogP contribution in [0.4, 0.5) is 0 Å². The molecule has 0 saturated heterocycles. The van der Waals surface area contributed by atoms with Crippen LogP contribution in [0.15, 0.2) is 30.3 Å². The summed E-state index contributed by atoms with van der Waals surface area (Å²) in [5.41, 5.74) is 6.22. The first-order valence-electron chi connectivity index (χ1n) is 12.7. The predicted octanol–water partition coefficient (Wildman–Crippen LogP) is 1.25. The van der Waals surface area contributed by atoms with E-state index in [0.717, 1.165) is 12.5 Å². The highest BCUT2D eigenvalue weighted by molar-refractivity contribution is 6.04. The first-order valence-corrected chi connectivity index (χ1v) is 12.7. The molecule has 0 aromatic heterocycles. The molecule has 11 nitrogen and oxygen atoms in total. The van der Waals surface area contributed by atoms with Gasteiger partial charge in [-0.2, -0.15) is 0 Å². The van der Waals surface area contributed by atoms with Crippen LogP contribution in [0.3, 0.4) is 0 Å². The number of amides is 2. The van der Waals surface area contributed by atoms with Gasteiger partial charge in [-0.1, -0.05) is 44.2 Å². The summed E-state index contributed by atoms with van der Waals surface area (Å²) in [7, 11) is 0. The van der Waals surface area contributed by atoms with E-state index in [1.165, 1.54) is 13.8 Å². The minimum Gasteiger partial charge on any atom is -0.481 e. The standard InChI is InChI=1S/C26H37N3O6.C2H4O2/c1-16(2)10-23(29-25(34)14-27)24(33)12-20(11-19-8-6-5-7-9-19)26(35)28-15-21(32)13-22(17(3)30)18(4)31;1-2(3)4/h5-9,16,20,22-23H,10-15,27H2,1-4H3,(H,28,35)(H,29,34);1H3,(H,3,4). The molecular weight excluding hydrogens is 506 g/mol. The van der Waals surface area contributed by atoms with Gasteiger partial charge in [0, 0.05) is 25.7 Å². The second-order valence-corrected chi connectivity index (χ2v) is 9.76. The smallest absolute Gasteiger partial charge is 0.300 e. The number of aliphatic carboxylic acids is 1. The fourth-order valence-corrected chi connectivity index (χ4v) is 3.74. The van der Waals surface area contributed by atoms with Crippen molar-refractivity contribution in [1.82, 2.24) is 10.6 Å². The van der Waals surface area contributed by atoms with Gasteiger partial charge in [0.1, 0.15) is 11.6 Å². The molecule has 0 heterocycles. The van der Waals surface area contributed by atoms with Crippen LogP contribution in [0.2, 0.25) is 0 Å². The molecule has 2 amide bonds. The van der Waals surface area contributed by atoms with E-state index in [4.69, 9.17) is 15.6 Å². The number of carbonyl (C=O) groups excluding carboxylic acids is 6. The minimum atomic E-state index is -1.02. The Hall–Kier alpha value is -3.73. The number of Topliss-reactive ketones (excluding diaryl/α,β-unsaturated/α-hetero) is 4. The van der Waals surface area contributed by atoms with Crippen LogP contribution in [0.25, 0.3) is 0 Å². The second kappa shape index (κ2) is 18.5. The lowest BCUT2D eigenvalue weighted by Crippen LogP contribution is -2.46. The van der Waals surface area contributed by atoms with E-state index < -0.39 is 53.0 Å². The van der Waals surface area contributed by atoms with Gasteiger partial charge in [0.05, 0.1) is 25.0 Å². The summed E-state index contributed by atoms with van der Waals surface area (Å²) in [6.07, 6.45) is 0.241. The van der Waals surface area contributed by atoms with E-state index in [-0.39, 0.29) is 44.1 Å². The van der Waals surface area contributed by atoms with Crippen molar-refractivity contribution in [2.75, 3.05) is 13.1 Å². The lowest BCUT2D eigenvalue weighted by molar-refractivity contribution is -0.135. The minimum absolute atomic E-state index is 0.122. The Labute approximate surface area is 229 Å². The molecule has 216 valence electrons. The highest BCUT2D eigenvalue weighted by atomic mass is 16.4. The quantitative estimate of drug-likeness (QED) is 0.221. The molecular formula is C28H41N3O8. The third kappa shape index (κ3) is 16.0. The second-order valence-electron chi connectivity index (χ2n) is 9.76. The van der Waals surface area contributed by atoms with Crippen LogP contribution in [0, 0.1) is 17.8 Å². The monoisotopic (exact) mass is 547 g/mol. The third-order valence-electron chi connectivity index (χ3n) is 5.63. The molecule has 2 unspecified atom stereocenters. The summed E-state index contributed by atoms with van der Waals surface area (Å²) in [6, 6.07) is 8.38. The molecule has 39 heavy (non-hydrogen) atoms. The summed E-state index contributed by atoms with van der Waals surface area (Å²) < 4.78 is 0. The number of carboxylic acid groups (broad SMARTS) is 1. The summed E-state index contributed by atoms with van der Waals surface area (Å²) in [5, 5.41) is 12.6. The molecule has 0 saturated carbocycles. The zero-order valence-electron chi connectivity index (χ0n) is 23.3. The van der Waals surface area contributed by atoms with Crippen molar-refractivity contribution in [3.63, 3.8) is 0 Å². The zero-order chi connectivity index (χ0) is 30.1. The predicted molar refractivity (Wildman–Crippen MR) is 144 cm³/mol. The van der Waals surface area contributed by atoms with E-state index in [9.17, 15) is 28.8 Å². The van der Waals surface area contributed by atoms with E-state index >= 15 is 0 Å². The molecule has 0 bridgehead atoms. The van der Waals surface area contributed by atoms with E-state index in [2.05, 4.69) is 10.6 Å². The Morgan fingerprint density at radius 1 is 0.897 bits per heavy atom. The Kier molecular flexibility index (Phi) is 16.7. The summed E-state index contributed by atoms with van der Waals surface area (Å²) in [5.74, 6) is -5.02. The van der Waals surface area contributed by atoms with Crippen molar-refractivity contribution in [3.8, 4) is 0 Å². The zero-order valence-corrected chi connectivity index (χ0v) is 23.3. The normalized spacial score (nSPS) is 12.0. The molecule has 0 fully saturated rings. The largest absolute Gasteiger partial charge is 0.481 e. The van der Waals surface area contributed by atoms with Crippen LogP contribution in [-0.2, 0) is 40.0 Å². The number of benzene rings is 1. The Balaban J connectivity index is 0.00000336. The Bertz CT molecular complexity index is 989. The number of hydrogen-bond donors (Lipinski definition) is 4. The fourth-order valence-electron chi connectivity index (χ4n) is 3.74. The molecule has 5 N–H and O–H groups in total. The molecule has 0 aliphatic rings. The number of ketones is 4. The highest BCUT2D eigenvalue weighted by Crippen LogP contribution is 2.17. The van der Waals surface area contributed by atoms with Crippen LogP contribution in [-0.4, -0.2) is 65.2 Å². The van der Waals surface area contributed by atoms with Crippen molar-refractivity contribution in [2.24, 2.45) is 23.5 Å². The van der Waals surface area contributed by atoms with Gasteiger partial charge in [-0.3, -0.25) is 33.6 Å². The van der Waals surface area contributed by atoms with Gasteiger partial charge in [0.25, 0.3) is 5.97 Å². The maximum atomic E-state index is 13.1. The lowest BCUT2D eigenvalue weighted by Gasteiger charge is -2.22. The van der Waals surface area contributed by atoms with E-state index in [0.29, 0.717) is 6.42 Å². The van der Waals surface area contributed by atoms with Crippen LogP contribution >= 0.6 is 0 Å². The highest BCUT2D eigenvalue weighted by Gasteiger charge is 2.29. The van der Waals surface area contributed by atoms with Crippen molar-refractivity contribution < 1.29 is 38.7 Å². The summed E-state index contributed by atoms with van der Waals surface area (Å²) in [4.78, 5) is 82.4. The lowest BCUT2D eigenvalue weighted by atomic mass is 9.89.